The van der Waals surface area contributed by atoms with E-state index in [9.17, 15) is 23.7 Å². The third kappa shape index (κ3) is 2.03. The van der Waals surface area contributed by atoms with Gasteiger partial charge in [0, 0.05) is 6.07 Å². The van der Waals surface area contributed by atoms with Crippen LogP contribution in [0.3, 0.4) is 0 Å². The lowest BCUT2D eigenvalue weighted by molar-refractivity contribution is -0.387. The molecule has 0 unspecified atom stereocenters. The van der Waals surface area contributed by atoms with Gasteiger partial charge in [-0.3, -0.25) is 10.1 Å². The first-order valence-corrected chi connectivity index (χ1v) is 4.49. The van der Waals surface area contributed by atoms with Crippen LogP contribution in [0.2, 0.25) is 0 Å². The van der Waals surface area contributed by atoms with E-state index in [2.05, 4.69) is 0 Å². The number of aromatic carboxylic acids is 1. The largest absolute Gasteiger partial charge is 0.478 e. The SMILES string of the molecule is O=C(O)c1cc([N+](=O)[O-])c(F)c(I)c1F. The summed E-state index contributed by atoms with van der Waals surface area (Å²) in [6.45, 7) is 0. The summed E-state index contributed by atoms with van der Waals surface area (Å²) in [6, 6.07) is 0.356. The second-order valence-electron chi connectivity index (χ2n) is 2.45. The van der Waals surface area contributed by atoms with Crippen molar-refractivity contribution >= 4 is 34.2 Å². The molecule has 0 radical (unpaired) electrons. The predicted molar refractivity (Wildman–Crippen MR) is 52.7 cm³/mol. The average Bonchev–Trinajstić information content (AvgIpc) is 2.13. The first-order valence-electron chi connectivity index (χ1n) is 3.41. The van der Waals surface area contributed by atoms with E-state index in [0.717, 1.165) is 0 Å². The zero-order valence-corrected chi connectivity index (χ0v) is 8.99. The fourth-order valence-corrected chi connectivity index (χ4v) is 1.45. The fourth-order valence-electron chi connectivity index (χ4n) is 0.879. The van der Waals surface area contributed by atoms with E-state index in [1.54, 1.807) is 0 Å². The van der Waals surface area contributed by atoms with E-state index in [1.807, 2.05) is 0 Å². The quantitative estimate of drug-likeness (QED) is 0.390. The molecular weight excluding hydrogens is 327 g/mol. The lowest BCUT2D eigenvalue weighted by Crippen LogP contribution is -2.07. The van der Waals surface area contributed by atoms with Crippen molar-refractivity contribution in [2.24, 2.45) is 0 Å². The molecule has 0 fully saturated rings. The minimum Gasteiger partial charge on any atom is -0.478 e. The van der Waals surface area contributed by atoms with Crippen molar-refractivity contribution in [2.75, 3.05) is 0 Å². The van der Waals surface area contributed by atoms with E-state index in [0.29, 0.717) is 6.07 Å². The van der Waals surface area contributed by atoms with Crippen LogP contribution in [-0.2, 0) is 0 Å². The highest BCUT2D eigenvalue weighted by atomic mass is 127. The summed E-state index contributed by atoms with van der Waals surface area (Å²) in [6.07, 6.45) is 0. The summed E-state index contributed by atoms with van der Waals surface area (Å²) in [5, 5.41) is 18.8. The molecule has 15 heavy (non-hydrogen) atoms. The van der Waals surface area contributed by atoms with Crippen LogP contribution in [0.15, 0.2) is 6.07 Å². The van der Waals surface area contributed by atoms with Crippen LogP contribution < -0.4 is 0 Å². The maximum Gasteiger partial charge on any atom is 0.338 e. The molecule has 0 aliphatic rings. The Balaban J connectivity index is 3.59. The standard InChI is InChI=1S/C7H2F2INO4/c8-4-2(7(12)13)1-3(11(14)15)5(9)6(4)10/h1H,(H,12,13). The molecular formula is C7H2F2INO4. The lowest BCUT2D eigenvalue weighted by Gasteiger charge is -2.02. The minimum atomic E-state index is -1.69. The molecule has 0 spiro atoms. The van der Waals surface area contributed by atoms with Crippen molar-refractivity contribution < 1.29 is 23.6 Å². The molecule has 8 heteroatoms. The molecule has 80 valence electrons. The van der Waals surface area contributed by atoms with Crippen LogP contribution in [0, 0.1) is 25.3 Å². The topological polar surface area (TPSA) is 80.4 Å². The maximum atomic E-state index is 13.1. The van der Waals surface area contributed by atoms with Crippen LogP contribution in [0.4, 0.5) is 14.5 Å². The smallest absolute Gasteiger partial charge is 0.338 e. The average molecular weight is 329 g/mol. The Morgan fingerprint density at radius 3 is 2.40 bits per heavy atom. The molecule has 0 saturated heterocycles. The second kappa shape index (κ2) is 4.04. The molecule has 0 aliphatic carbocycles. The maximum absolute atomic E-state index is 13.1. The number of nitro benzene ring substituents is 1. The van der Waals surface area contributed by atoms with Crippen LogP contribution in [0.1, 0.15) is 10.4 Å². The molecule has 0 saturated carbocycles. The number of carboxylic acid groups (broad SMARTS) is 1. The fraction of sp³-hybridized carbons (Fsp3) is 0. The van der Waals surface area contributed by atoms with Gasteiger partial charge in [0.2, 0.25) is 5.82 Å². The van der Waals surface area contributed by atoms with Crippen molar-refractivity contribution in [3.8, 4) is 0 Å². The third-order valence-electron chi connectivity index (χ3n) is 1.55. The normalized spacial score (nSPS) is 10.1. The third-order valence-corrected chi connectivity index (χ3v) is 2.50. The Hall–Kier alpha value is -1.32. The summed E-state index contributed by atoms with van der Waals surface area (Å²) < 4.78 is 25.5. The number of nitro groups is 1. The molecule has 0 heterocycles. The predicted octanol–water partition coefficient (Wildman–Crippen LogP) is 2.18. The Morgan fingerprint density at radius 2 is 2.00 bits per heavy atom. The van der Waals surface area contributed by atoms with Crippen molar-refractivity contribution in [2.45, 2.75) is 0 Å². The molecule has 1 N–H and O–H groups in total. The van der Waals surface area contributed by atoms with Gasteiger partial charge in [-0.2, -0.15) is 4.39 Å². The van der Waals surface area contributed by atoms with E-state index in [1.165, 1.54) is 22.6 Å². The van der Waals surface area contributed by atoms with Gasteiger partial charge in [0.1, 0.15) is 5.56 Å². The highest BCUT2D eigenvalue weighted by Crippen LogP contribution is 2.27. The zero-order valence-electron chi connectivity index (χ0n) is 6.83. The minimum absolute atomic E-state index is 0.356. The highest BCUT2D eigenvalue weighted by Gasteiger charge is 2.26. The van der Waals surface area contributed by atoms with Gasteiger partial charge in [-0.05, 0) is 22.6 Å². The summed E-state index contributed by atoms with van der Waals surface area (Å²) in [5.41, 5.74) is -1.98. The van der Waals surface area contributed by atoms with Gasteiger partial charge in [-0.1, -0.05) is 0 Å². The number of nitrogens with zero attached hydrogens (tertiary/aromatic N) is 1. The molecule has 0 aromatic heterocycles. The second-order valence-corrected chi connectivity index (χ2v) is 3.53. The van der Waals surface area contributed by atoms with Gasteiger partial charge in [0.15, 0.2) is 5.82 Å². The number of halogens is 3. The molecule has 1 rings (SSSR count). The summed E-state index contributed by atoms with van der Waals surface area (Å²) in [5.74, 6) is -4.37. The summed E-state index contributed by atoms with van der Waals surface area (Å²) >= 11 is 1.17. The van der Waals surface area contributed by atoms with Gasteiger partial charge >= 0.3 is 11.7 Å². The molecule has 0 bridgehead atoms. The van der Waals surface area contributed by atoms with E-state index >= 15 is 0 Å². The van der Waals surface area contributed by atoms with E-state index in [-0.39, 0.29) is 0 Å². The molecule has 1 aromatic carbocycles. The molecule has 0 amide bonds. The van der Waals surface area contributed by atoms with Gasteiger partial charge < -0.3 is 5.11 Å². The first-order chi connectivity index (χ1) is 6.86. The van der Waals surface area contributed by atoms with Crippen molar-refractivity contribution in [1.29, 1.82) is 0 Å². The number of hydrogen-bond donors (Lipinski definition) is 1. The number of hydrogen-bond acceptors (Lipinski definition) is 3. The Bertz CT molecular complexity index is 425. The lowest BCUT2D eigenvalue weighted by atomic mass is 10.2. The molecule has 0 atom stereocenters. The molecule has 1 aromatic rings. The van der Waals surface area contributed by atoms with E-state index in [4.69, 9.17) is 5.11 Å². The van der Waals surface area contributed by atoms with Crippen LogP contribution in [0.25, 0.3) is 0 Å². The summed E-state index contributed by atoms with van der Waals surface area (Å²) in [7, 11) is 0. The van der Waals surface area contributed by atoms with Crippen molar-refractivity contribution in [3.63, 3.8) is 0 Å². The molecule has 5 nitrogen and oxygen atoms in total. The number of carbonyl (C=O) groups is 1. The van der Waals surface area contributed by atoms with Gasteiger partial charge in [0.05, 0.1) is 8.49 Å². The zero-order chi connectivity index (χ0) is 11.7. The highest BCUT2D eigenvalue weighted by molar-refractivity contribution is 14.1. The summed E-state index contributed by atoms with van der Waals surface area (Å²) in [4.78, 5) is 19.7. The van der Waals surface area contributed by atoms with Gasteiger partial charge in [-0.25, -0.2) is 9.18 Å². The van der Waals surface area contributed by atoms with E-state index < -0.39 is 37.3 Å². The Labute approximate surface area is 95.0 Å². The number of benzene rings is 1. The van der Waals surface area contributed by atoms with Crippen molar-refractivity contribution in [3.05, 3.63) is 36.9 Å². The Morgan fingerprint density at radius 1 is 1.47 bits per heavy atom. The van der Waals surface area contributed by atoms with Crippen LogP contribution in [-0.4, -0.2) is 16.0 Å². The van der Waals surface area contributed by atoms with Crippen LogP contribution in [0.5, 0.6) is 0 Å². The monoisotopic (exact) mass is 329 g/mol. The number of carboxylic acids is 1. The van der Waals surface area contributed by atoms with Gasteiger partial charge in [0.25, 0.3) is 0 Å². The van der Waals surface area contributed by atoms with Crippen LogP contribution >= 0.6 is 22.6 Å². The van der Waals surface area contributed by atoms with Gasteiger partial charge in [-0.15, -0.1) is 0 Å². The Kier molecular flexibility index (Phi) is 3.17. The van der Waals surface area contributed by atoms with Crippen molar-refractivity contribution in [1.82, 2.24) is 0 Å². The molecule has 0 aliphatic heterocycles. The first kappa shape index (κ1) is 11.8. The number of rotatable bonds is 2.